The quantitative estimate of drug-likeness (QED) is 0.765. The topological polar surface area (TPSA) is 71.8 Å². The average Bonchev–Trinajstić information content (AvgIpc) is 2.94. The summed E-state index contributed by atoms with van der Waals surface area (Å²) in [4.78, 5) is 15.5. The van der Waals surface area contributed by atoms with E-state index in [0.717, 1.165) is 17.9 Å². The van der Waals surface area contributed by atoms with Gasteiger partial charge in [-0.2, -0.15) is 5.10 Å². The van der Waals surface area contributed by atoms with Crippen LogP contribution >= 0.6 is 0 Å². The summed E-state index contributed by atoms with van der Waals surface area (Å²) in [5.74, 6) is 0.00876. The van der Waals surface area contributed by atoms with Gasteiger partial charge in [0.2, 0.25) is 5.91 Å². The van der Waals surface area contributed by atoms with Gasteiger partial charge < -0.3 is 10.6 Å². The molecule has 0 spiro atoms. The van der Waals surface area contributed by atoms with Gasteiger partial charge in [-0.05, 0) is 30.8 Å². The molecule has 2 aromatic rings. The highest BCUT2D eigenvalue weighted by Gasteiger charge is 2.02. The van der Waals surface area contributed by atoms with Gasteiger partial charge in [0.15, 0.2) is 0 Å². The van der Waals surface area contributed by atoms with Crippen molar-refractivity contribution >= 4 is 11.6 Å². The monoisotopic (exact) mass is 259 g/mol. The molecule has 1 aromatic heterocycles. The molecule has 6 nitrogen and oxygen atoms in total. The second kappa shape index (κ2) is 6.65. The molecule has 0 aliphatic heterocycles. The van der Waals surface area contributed by atoms with E-state index in [-0.39, 0.29) is 5.91 Å². The summed E-state index contributed by atoms with van der Waals surface area (Å²) in [6.07, 6.45) is 3.58. The highest BCUT2D eigenvalue weighted by atomic mass is 16.1. The minimum absolute atomic E-state index is 0.00876. The maximum absolute atomic E-state index is 11.6. The molecule has 1 amide bonds. The van der Waals surface area contributed by atoms with Gasteiger partial charge in [0.05, 0.1) is 5.69 Å². The van der Waals surface area contributed by atoms with Crippen LogP contribution in [0, 0.1) is 0 Å². The molecular weight excluding hydrogens is 242 g/mol. The Morgan fingerprint density at radius 3 is 2.74 bits per heavy atom. The molecule has 6 heteroatoms. The first-order chi connectivity index (χ1) is 9.29. The smallest absolute Gasteiger partial charge is 0.225 e. The molecule has 0 saturated heterocycles. The summed E-state index contributed by atoms with van der Waals surface area (Å²) in [5, 5.41) is 10.00. The van der Waals surface area contributed by atoms with Crippen molar-refractivity contribution < 1.29 is 4.79 Å². The highest BCUT2D eigenvalue weighted by Crippen LogP contribution is 2.12. The Morgan fingerprint density at radius 1 is 1.32 bits per heavy atom. The number of hydrogen-bond acceptors (Lipinski definition) is 4. The van der Waals surface area contributed by atoms with E-state index in [4.69, 9.17) is 0 Å². The molecule has 0 aliphatic rings. The van der Waals surface area contributed by atoms with E-state index in [1.165, 1.54) is 6.33 Å². The number of anilines is 1. The number of rotatable bonds is 6. The minimum Gasteiger partial charge on any atom is -0.326 e. The van der Waals surface area contributed by atoms with Gasteiger partial charge in [-0.3, -0.25) is 4.79 Å². The van der Waals surface area contributed by atoms with E-state index in [1.54, 1.807) is 11.0 Å². The first-order valence-electron chi connectivity index (χ1n) is 6.25. The van der Waals surface area contributed by atoms with Crippen molar-refractivity contribution in [2.75, 3.05) is 18.4 Å². The Morgan fingerprint density at radius 2 is 2.11 bits per heavy atom. The van der Waals surface area contributed by atoms with Crippen LogP contribution in [0.15, 0.2) is 36.9 Å². The number of nitrogens with zero attached hydrogens (tertiary/aromatic N) is 3. The fraction of sp³-hybridized carbons (Fsp3) is 0.308. The van der Waals surface area contributed by atoms with E-state index in [1.807, 2.05) is 31.2 Å². The Hall–Kier alpha value is -2.21. The lowest BCUT2D eigenvalue weighted by molar-refractivity contribution is -0.116. The summed E-state index contributed by atoms with van der Waals surface area (Å²) in [6, 6.07) is 7.47. The Kier molecular flexibility index (Phi) is 4.63. The van der Waals surface area contributed by atoms with Gasteiger partial charge in [0.25, 0.3) is 0 Å². The van der Waals surface area contributed by atoms with Crippen LogP contribution in [0.5, 0.6) is 0 Å². The van der Waals surface area contributed by atoms with Gasteiger partial charge in [-0.25, -0.2) is 9.67 Å². The lowest BCUT2D eigenvalue weighted by Gasteiger charge is -2.06. The van der Waals surface area contributed by atoms with Crippen molar-refractivity contribution in [2.24, 2.45) is 0 Å². The molecule has 100 valence electrons. The van der Waals surface area contributed by atoms with Crippen molar-refractivity contribution in [1.82, 2.24) is 20.1 Å². The number of amides is 1. The standard InChI is InChI=1S/C13H17N5O/c1-2-14-8-7-13(19)17-11-3-5-12(6-4-11)18-10-15-9-16-18/h3-6,9-10,14H,2,7-8H2,1H3,(H,17,19). The number of benzene rings is 1. The van der Waals surface area contributed by atoms with Crippen LogP contribution in [0.1, 0.15) is 13.3 Å². The zero-order valence-electron chi connectivity index (χ0n) is 10.8. The number of nitrogens with one attached hydrogen (secondary N) is 2. The van der Waals surface area contributed by atoms with Crippen molar-refractivity contribution in [2.45, 2.75) is 13.3 Å². The van der Waals surface area contributed by atoms with E-state index in [2.05, 4.69) is 20.7 Å². The largest absolute Gasteiger partial charge is 0.326 e. The molecular formula is C13H17N5O. The summed E-state index contributed by atoms with van der Waals surface area (Å²) >= 11 is 0. The van der Waals surface area contributed by atoms with Crippen molar-refractivity contribution in [3.63, 3.8) is 0 Å². The second-order valence-corrected chi connectivity index (χ2v) is 4.04. The van der Waals surface area contributed by atoms with Crippen LogP contribution in [0.2, 0.25) is 0 Å². The first-order valence-corrected chi connectivity index (χ1v) is 6.25. The van der Waals surface area contributed by atoms with Crippen LogP contribution in [-0.4, -0.2) is 33.8 Å². The minimum atomic E-state index is 0.00876. The predicted molar refractivity (Wildman–Crippen MR) is 73.1 cm³/mol. The van der Waals surface area contributed by atoms with E-state index < -0.39 is 0 Å². The molecule has 0 fully saturated rings. The van der Waals surface area contributed by atoms with E-state index >= 15 is 0 Å². The van der Waals surface area contributed by atoms with Crippen molar-refractivity contribution in [1.29, 1.82) is 0 Å². The highest BCUT2D eigenvalue weighted by molar-refractivity contribution is 5.90. The molecule has 0 aliphatic carbocycles. The average molecular weight is 259 g/mol. The molecule has 0 radical (unpaired) electrons. The second-order valence-electron chi connectivity index (χ2n) is 4.04. The van der Waals surface area contributed by atoms with Crippen molar-refractivity contribution in [3.8, 4) is 5.69 Å². The number of aromatic nitrogens is 3. The third kappa shape index (κ3) is 3.89. The molecule has 1 aromatic carbocycles. The summed E-state index contributed by atoms with van der Waals surface area (Å²) < 4.78 is 1.66. The van der Waals surface area contributed by atoms with Gasteiger partial charge in [-0.1, -0.05) is 6.92 Å². The maximum Gasteiger partial charge on any atom is 0.225 e. The normalized spacial score (nSPS) is 10.4. The first kappa shape index (κ1) is 13.2. The van der Waals surface area contributed by atoms with Crippen LogP contribution in [0.3, 0.4) is 0 Å². The number of hydrogen-bond donors (Lipinski definition) is 2. The Labute approximate surface area is 111 Å². The molecule has 2 rings (SSSR count). The molecule has 0 bridgehead atoms. The Balaban J connectivity index is 1.90. The molecule has 0 saturated carbocycles. The summed E-state index contributed by atoms with van der Waals surface area (Å²) in [7, 11) is 0. The van der Waals surface area contributed by atoms with Crippen LogP contribution in [0.4, 0.5) is 5.69 Å². The lowest BCUT2D eigenvalue weighted by atomic mass is 10.2. The zero-order chi connectivity index (χ0) is 13.5. The zero-order valence-corrected chi connectivity index (χ0v) is 10.8. The SMILES string of the molecule is CCNCCC(=O)Nc1ccc(-n2cncn2)cc1. The van der Waals surface area contributed by atoms with Crippen molar-refractivity contribution in [3.05, 3.63) is 36.9 Å². The van der Waals surface area contributed by atoms with Crippen LogP contribution in [0.25, 0.3) is 5.69 Å². The number of carbonyl (C=O) groups is 1. The van der Waals surface area contributed by atoms with Crippen LogP contribution in [-0.2, 0) is 4.79 Å². The predicted octanol–water partition coefficient (Wildman–Crippen LogP) is 1.21. The van der Waals surface area contributed by atoms with E-state index in [9.17, 15) is 4.79 Å². The fourth-order valence-electron chi connectivity index (χ4n) is 1.64. The van der Waals surface area contributed by atoms with E-state index in [0.29, 0.717) is 13.0 Å². The molecule has 19 heavy (non-hydrogen) atoms. The molecule has 0 unspecified atom stereocenters. The van der Waals surface area contributed by atoms with Gasteiger partial charge in [-0.15, -0.1) is 0 Å². The van der Waals surface area contributed by atoms with Gasteiger partial charge in [0.1, 0.15) is 12.7 Å². The maximum atomic E-state index is 11.6. The third-order valence-electron chi connectivity index (χ3n) is 2.61. The number of carbonyl (C=O) groups excluding carboxylic acids is 1. The van der Waals surface area contributed by atoms with Crippen LogP contribution < -0.4 is 10.6 Å². The fourth-order valence-corrected chi connectivity index (χ4v) is 1.64. The molecule has 1 heterocycles. The third-order valence-corrected chi connectivity index (χ3v) is 2.61. The summed E-state index contributed by atoms with van der Waals surface area (Å²) in [6.45, 7) is 3.58. The van der Waals surface area contributed by atoms with Gasteiger partial charge in [0, 0.05) is 18.7 Å². The molecule has 2 N–H and O–H groups in total. The summed E-state index contributed by atoms with van der Waals surface area (Å²) in [5.41, 5.74) is 1.69. The van der Waals surface area contributed by atoms with Gasteiger partial charge >= 0.3 is 0 Å². The molecule has 0 atom stereocenters. The lowest BCUT2D eigenvalue weighted by Crippen LogP contribution is -2.21. The Bertz CT molecular complexity index is 506.